The molecule has 0 radical (unpaired) electrons. The average molecular weight is 407 g/mol. The number of carbonyl (C=O) groups excluding carboxylic acids is 1. The Hall–Kier alpha value is -2.04. The third-order valence-corrected chi connectivity index (χ3v) is 5.89. The highest BCUT2D eigenvalue weighted by molar-refractivity contribution is 6.45. The number of carboxylic acids is 1. The van der Waals surface area contributed by atoms with Gasteiger partial charge < -0.3 is 9.84 Å². The lowest BCUT2D eigenvalue weighted by atomic mass is 9.73. The molecule has 0 aliphatic heterocycles. The minimum atomic E-state index is -1.11. The molecule has 1 aliphatic carbocycles. The van der Waals surface area contributed by atoms with Crippen molar-refractivity contribution in [2.45, 2.75) is 38.0 Å². The Bertz CT molecular complexity index is 879. The number of hydrogen-bond acceptors (Lipinski definition) is 3. The Balaban J connectivity index is 2.08. The van der Waals surface area contributed by atoms with Gasteiger partial charge in [0.15, 0.2) is 12.4 Å². The fourth-order valence-corrected chi connectivity index (χ4v) is 4.25. The zero-order chi connectivity index (χ0) is 19.6. The molecule has 0 unspecified atom stereocenters. The van der Waals surface area contributed by atoms with Crippen molar-refractivity contribution in [2.24, 2.45) is 0 Å². The maximum absolute atomic E-state index is 13.5. The molecule has 0 amide bonds. The van der Waals surface area contributed by atoms with Gasteiger partial charge in [0, 0.05) is 5.56 Å². The highest BCUT2D eigenvalue weighted by Gasteiger charge is 2.48. The van der Waals surface area contributed by atoms with Crippen molar-refractivity contribution in [2.75, 3.05) is 6.61 Å². The number of halogens is 2. The predicted octanol–water partition coefficient (Wildman–Crippen LogP) is 5.32. The molecule has 1 N–H and O–H groups in total. The summed E-state index contributed by atoms with van der Waals surface area (Å²) in [5.74, 6) is -0.954. The molecule has 0 saturated carbocycles. The second-order valence-corrected chi connectivity index (χ2v) is 7.53. The number of carboxylic acid groups (broad SMARTS) is 1. The van der Waals surface area contributed by atoms with Crippen molar-refractivity contribution < 1.29 is 19.4 Å². The zero-order valence-electron chi connectivity index (χ0n) is 14.9. The molecule has 0 spiro atoms. The molecular weight excluding hydrogens is 387 g/mol. The number of fused-ring (bicyclic) bond motifs is 1. The Kier molecular flexibility index (Phi) is 5.78. The number of benzene rings is 2. The van der Waals surface area contributed by atoms with E-state index in [-0.39, 0.29) is 21.6 Å². The van der Waals surface area contributed by atoms with Gasteiger partial charge in [-0.2, -0.15) is 0 Å². The summed E-state index contributed by atoms with van der Waals surface area (Å²) in [7, 11) is 0. The van der Waals surface area contributed by atoms with E-state index in [2.05, 4.69) is 6.92 Å². The summed E-state index contributed by atoms with van der Waals surface area (Å²) < 4.78 is 5.27. The van der Waals surface area contributed by atoms with Gasteiger partial charge in [0.2, 0.25) is 0 Å². The fraction of sp³-hybridized carbons (Fsp3) is 0.333. The summed E-state index contributed by atoms with van der Waals surface area (Å²) in [5, 5.41) is 9.05. The van der Waals surface area contributed by atoms with Crippen LogP contribution in [0.2, 0.25) is 10.0 Å². The molecule has 2 aromatic rings. The summed E-state index contributed by atoms with van der Waals surface area (Å²) in [6, 6.07) is 11.4. The van der Waals surface area contributed by atoms with Gasteiger partial charge in [0.1, 0.15) is 10.8 Å². The number of unbranched alkanes of at least 4 members (excludes halogenated alkanes) is 1. The summed E-state index contributed by atoms with van der Waals surface area (Å²) in [6.07, 6.45) is 3.08. The molecule has 1 aliphatic rings. The van der Waals surface area contributed by atoms with E-state index >= 15 is 0 Å². The predicted molar refractivity (Wildman–Crippen MR) is 105 cm³/mol. The summed E-state index contributed by atoms with van der Waals surface area (Å²) >= 11 is 12.7. The molecule has 6 heteroatoms. The molecule has 2 aromatic carbocycles. The largest absolute Gasteiger partial charge is 0.480 e. The molecule has 1 atom stereocenters. The number of rotatable bonds is 7. The van der Waals surface area contributed by atoms with Crippen molar-refractivity contribution >= 4 is 35.0 Å². The van der Waals surface area contributed by atoms with Crippen LogP contribution in [-0.2, 0) is 16.6 Å². The standard InChI is InChI=1S/C21H20Cl2O4/c1-2-3-9-21(14-7-5-4-6-8-14)11-13-10-15(27-12-16(24)25)18(22)19(23)17(13)20(21)26/h4-8,10H,2-3,9,11-12H2,1H3,(H,24,25)/t21-/m0/s1. The molecular formula is C21H20Cl2O4. The molecule has 0 heterocycles. The van der Waals surface area contributed by atoms with Gasteiger partial charge in [-0.1, -0.05) is 73.3 Å². The third kappa shape index (κ3) is 3.56. The van der Waals surface area contributed by atoms with Crippen molar-refractivity contribution in [3.05, 3.63) is 63.1 Å². The fourth-order valence-electron chi connectivity index (χ4n) is 3.74. The van der Waals surface area contributed by atoms with E-state index < -0.39 is 18.0 Å². The topological polar surface area (TPSA) is 63.6 Å². The van der Waals surface area contributed by atoms with Gasteiger partial charge in [0.05, 0.1) is 10.4 Å². The van der Waals surface area contributed by atoms with Crippen LogP contribution in [0, 0.1) is 0 Å². The lowest BCUT2D eigenvalue weighted by Gasteiger charge is -2.28. The lowest BCUT2D eigenvalue weighted by molar-refractivity contribution is -0.139. The van der Waals surface area contributed by atoms with Crippen LogP contribution in [0.4, 0.5) is 0 Å². The number of carbonyl (C=O) groups is 2. The average Bonchev–Trinajstić information content (AvgIpc) is 2.95. The molecule has 0 fully saturated rings. The van der Waals surface area contributed by atoms with Crippen molar-refractivity contribution in [1.82, 2.24) is 0 Å². The number of hydrogen-bond donors (Lipinski definition) is 1. The molecule has 142 valence electrons. The van der Waals surface area contributed by atoms with E-state index in [9.17, 15) is 9.59 Å². The zero-order valence-corrected chi connectivity index (χ0v) is 16.4. The van der Waals surface area contributed by atoms with Gasteiger partial charge in [-0.05, 0) is 30.0 Å². The second-order valence-electron chi connectivity index (χ2n) is 6.78. The first kappa shape index (κ1) is 19.7. The summed E-state index contributed by atoms with van der Waals surface area (Å²) in [4.78, 5) is 24.3. The quantitative estimate of drug-likeness (QED) is 0.675. The van der Waals surface area contributed by atoms with Crippen LogP contribution in [0.5, 0.6) is 5.75 Å². The highest BCUT2D eigenvalue weighted by Crippen LogP contribution is 2.49. The van der Waals surface area contributed by atoms with Crippen LogP contribution < -0.4 is 4.74 Å². The lowest BCUT2D eigenvalue weighted by Crippen LogP contribution is -2.33. The van der Waals surface area contributed by atoms with Crippen molar-refractivity contribution in [1.29, 1.82) is 0 Å². The van der Waals surface area contributed by atoms with Gasteiger partial charge >= 0.3 is 5.97 Å². The molecule has 3 rings (SSSR count). The minimum Gasteiger partial charge on any atom is -0.480 e. The number of ketones is 1. The molecule has 0 bridgehead atoms. The normalized spacial score (nSPS) is 18.4. The number of Topliss-reactive ketones (excluding diaryl/α,β-unsaturated/α-hetero) is 1. The first-order chi connectivity index (χ1) is 12.9. The first-order valence-corrected chi connectivity index (χ1v) is 9.62. The van der Waals surface area contributed by atoms with Gasteiger partial charge in [0.25, 0.3) is 0 Å². The SMILES string of the molecule is CCCC[C@@]1(c2ccccc2)Cc2cc(OCC(=O)O)c(Cl)c(Cl)c2C1=O. The summed E-state index contributed by atoms with van der Waals surface area (Å²) in [5.41, 5.74) is 1.44. The summed E-state index contributed by atoms with van der Waals surface area (Å²) in [6.45, 7) is 1.56. The van der Waals surface area contributed by atoms with E-state index in [4.69, 9.17) is 33.0 Å². The van der Waals surface area contributed by atoms with Crippen LogP contribution in [-0.4, -0.2) is 23.5 Å². The maximum Gasteiger partial charge on any atom is 0.341 e. The Labute approximate surface area is 168 Å². The van der Waals surface area contributed by atoms with Crippen LogP contribution in [0.3, 0.4) is 0 Å². The van der Waals surface area contributed by atoms with Crippen molar-refractivity contribution in [3.63, 3.8) is 0 Å². The first-order valence-electron chi connectivity index (χ1n) is 8.86. The minimum absolute atomic E-state index is 0.0335. The Morgan fingerprint density at radius 2 is 1.93 bits per heavy atom. The Morgan fingerprint density at radius 3 is 2.56 bits per heavy atom. The van der Waals surface area contributed by atoms with Crippen LogP contribution in [0.15, 0.2) is 36.4 Å². The highest BCUT2D eigenvalue weighted by atomic mass is 35.5. The van der Waals surface area contributed by atoms with Gasteiger partial charge in [-0.15, -0.1) is 0 Å². The maximum atomic E-state index is 13.5. The van der Waals surface area contributed by atoms with E-state index in [0.29, 0.717) is 18.4 Å². The molecule has 4 nitrogen and oxygen atoms in total. The van der Waals surface area contributed by atoms with Gasteiger partial charge in [-0.25, -0.2) is 4.79 Å². The molecule has 0 saturated heterocycles. The smallest absolute Gasteiger partial charge is 0.341 e. The van der Waals surface area contributed by atoms with Crippen LogP contribution in [0.1, 0.15) is 47.7 Å². The number of aliphatic carboxylic acids is 1. The third-order valence-electron chi connectivity index (χ3n) is 5.04. The molecule has 27 heavy (non-hydrogen) atoms. The van der Waals surface area contributed by atoms with Gasteiger partial charge in [-0.3, -0.25) is 4.79 Å². The monoisotopic (exact) mass is 406 g/mol. The van der Waals surface area contributed by atoms with Crippen LogP contribution in [0.25, 0.3) is 0 Å². The van der Waals surface area contributed by atoms with E-state index in [1.54, 1.807) is 6.07 Å². The van der Waals surface area contributed by atoms with E-state index in [1.165, 1.54) is 0 Å². The molecule has 0 aromatic heterocycles. The second kappa shape index (κ2) is 7.91. The Morgan fingerprint density at radius 1 is 1.22 bits per heavy atom. The van der Waals surface area contributed by atoms with Crippen molar-refractivity contribution in [3.8, 4) is 5.75 Å². The number of ether oxygens (including phenoxy) is 1. The van der Waals surface area contributed by atoms with E-state index in [1.807, 2.05) is 30.3 Å². The van der Waals surface area contributed by atoms with E-state index in [0.717, 1.165) is 24.0 Å². The van der Waals surface area contributed by atoms with Crippen LogP contribution >= 0.6 is 23.2 Å².